The minimum atomic E-state index is -0.264. The van der Waals surface area contributed by atoms with Crippen LogP contribution in [0.3, 0.4) is 0 Å². The molecule has 3 nitrogen and oxygen atoms in total. The molecule has 0 heterocycles. The molecule has 2 rings (SSSR count). The molecule has 0 atom stereocenters. The lowest BCUT2D eigenvalue weighted by molar-refractivity contribution is 0.216. The number of rotatable bonds is 9. The zero-order valence-corrected chi connectivity index (χ0v) is 12.5. The van der Waals surface area contributed by atoms with Crippen molar-refractivity contribution in [1.29, 1.82) is 0 Å². The number of nitrogens with one attached hydrogen (secondary N) is 1. The SMILES string of the molecule is CCN(CC)CCOc1c(F)cccc1CNC1CC1. The lowest BCUT2D eigenvalue weighted by Gasteiger charge is -2.19. The lowest BCUT2D eigenvalue weighted by atomic mass is 10.2. The Labute approximate surface area is 121 Å². The number of ether oxygens (including phenoxy) is 1. The van der Waals surface area contributed by atoms with Gasteiger partial charge < -0.3 is 15.0 Å². The van der Waals surface area contributed by atoms with E-state index in [0.717, 1.165) is 25.2 Å². The average Bonchev–Trinajstić information content (AvgIpc) is 3.27. The van der Waals surface area contributed by atoms with Crippen molar-refractivity contribution < 1.29 is 9.13 Å². The molecule has 0 bridgehead atoms. The third kappa shape index (κ3) is 4.46. The fourth-order valence-electron chi connectivity index (χ4n) is 2.21. The van der Waals surface area contributed by atoms with Crippen molar-refractivity contribution in [2.45, 2.75) is 39.3 Å². The first kappa shape index (κ1) is 15.3. The van der Waals surface area contributed by atoms with Crippen LogP contribution in [-0.4, -0.2) is 37.2 Å². The van der Waals surface area contributed by atoms with E-state index in [-0.39, 0.29) is 5.82 Å². The van der Waals surface area contributed by atoms with E-state index in [0.29, 0.717) is 24.9 Å². The second-order valence-electron chi connectivity index (χ2n) is 5.26. The molecule has 1 aromatic rings. The maximum absolute atomic E-state index is 13.9. The number of halogens is 1. The number of benzene rings is 1. The molecule has 0 saturated heterocycles. The van der Waals surface area contributed by atoms with E-state index in [2.05, 4.69) is 24.1 Å². The van der Waals surface area contributed by atoms with E-state index >= 15 is 0 Å². The van der Waals surface area contributed by atoms with Crippen molar-refractivity contribution in [3.05, 3.63) is 29.6 Å². The summed E-state index contributed by atoms with van der Waals surface area (Å²) in [6.07, 6.45) is 2.46. The third-order valence-electron chi connectivity index (χ3n) is 3.76. The molecule has 1 fully saturated rings. The van der Waals surface area contributed by atoms with Crippen LogP contribution < -0.4 is 10.1 Å². The first-order chi connectivity index (χ1) is 9.74. The predicted molar refractivity (Wildman–Crippen MR) is 79.5 cm³/mol. The van der Waals surface area contributed by atoms with Crippen LogP contribution in [0.4, 0.5) is 4.39 Å². The third-order valence-corrected chi connectivity index (χ3v) is 3.76. The second-order valence-corrected chi connectivity index (χ2v) is 5.26. The van der Waals surface area contributed by atoms with Gasteiger partial charge in [0.2, 0.25) is 0 Å². The summed E-state index contributed by atoms with van der Waals surface area (Å²) in [4.78, 5) is 2.27. The van der Waals surface area contributed by atoms with Crippen LogP contribution in [0.2, 0.25) is 0 Å². The van der Waals surface area contributed by atoms with Crippen molar-refractivity contribution >= 4 is 0 Å². The Balaban J connectivity index is 1.90. The molecule has 1 aliphatic carbocycles. The molecule has 0 spiro atoms. The van der Waals surface area contributed by atoms with Crippen LogP contribution >= 0.6 is 0 Å². The first-order valence-electron chi connectivity index (χ1n) is 7.60. The van der Waals surface area contributed by atoms with Gasteiger partial charge in [0.15, 0.2) is 11.6 Å². The molecule has 0 aliphatic heterocycles. The number of hydrogen-bond acceptors (Lipinski definition) is 3. The summed E-state index contributed by atoms with van der Waals surface area (Å²) in [5.74, 6) is 0.146. The van der Waals surface area contributed by atoms with Gasteiger partial charge in [-0.2, -0.15) is 0 Å². The molecular formula is C16H25FN2O. The monoisotopic (exact) mass is 280 g/mol. The smallest absolute Gasteiger partial charge is 0.165 e. The number of nitrogens with zero attached hydrogens (tertiary/aromatic N) is 1. The summed E-state index contributed by atoms with van der Waals surface area (Å²) in [5, 5.41) is 3.40. The maximum atomic E-state index is 13.9. The minimum absolute atomic E-state index is 0.264. The van der Waals surface area contributed by atoms with Gasteiger partial charge in [0.05, 0.1) is 0 Å². The van der Waals surface area contributed by atoms with E-state index in [4.69, 9.17) is 4.74 Å². The minimum Gasteiger partial charge on any atom is -0.489 e. The molecule has 0 radical (unpaired) electrons. The Kier molecular flexibility index (Phi) is 5.80. The number of hydrogen-bond donors (Lipinski definition) is 1. The number of likely N-dealkylation sites (N-methyl/N-ethyl adjacent to an activating group) is 1. The highest BCUT2D eigenvalue weighted by Gasteiger charge is 2.21. The van der Waals surface area contributed by atoms with Gasteiger partial charge in [-0.05, 0) is 32.0 Å². The van der Waals surface area contributed by atoms with Crippen LogP contribution in [-0.2, 0) is 6.54 Å². The van der Waals surface area contributed by atoms with Crippen LogP contribution in [0, 0.1) is 5.82 Å². The molecule has 20 heavy (non-hydrogen) atoms. The molecule has 0 aromatic heterocycles. The maximum Gasteiger partial charge on any atom is 0.165 e. The molecule has 1 saturated carbocycles. The lowest BCUT2D eigenvalue weighted by Crippen LogP contribution is -2.28. The van der Waals surface area contributed by atoms with Gasteiger partial charge in [-0.1, -0.05) is 26.0 Å². The zero-order chi connectivity index (χ0) is 14.4. The Bertz CT molecular complexity index is 417. The average molecular weight is 280 g/mol. The van der Waals surface area contributed by atoms with Gasteiger partial charge in [0, 0.05) is 24.7 Å². The van der Waals surface area contributed by atoms with E-state index in [9.17, 15) is 4.39 Å². The van der Waals surface area contributed by atoms with Crippen LogP contribution in [0.15, 0.2) is 18.2 Å². The van der Waals surface area contributed by atoms with Crippen molar-refractivity contribution in [3.63, 3.8) is 0 Å². The topological polar surface area (TPSA) is 24.5 Å². The highest BCUT2D eigenvalue weighted by Crippen LogP contribution is 2.25. The van der Waals surface area contributed by atoms with Crippen LogP contribution in [0.1, 0.15) is 32.3 Å². The van der Waals surface area contributed by atoms with Crippen molar-refractivity contribution in [2.24, 2.45) is 0 Å². The molecule has 1 aliphatic rings. The van der Waals surface area contributed by atoms with Gasteiger partial charge in [-0.15, -0.1) is 0 Å². The fraction of sp³-hybridized carbons (Fsp3) is 0.625. The largest absolute Gasteiger partial charge is 0.489 e. The second kappa shape index (κ2) is 7.60. The summed E-state index contributed by atoms with van der Waals surface area (Å²) >= 11 is 0. The summed E-state index contributed by atoms with van der Waals surface area (Å²) in [5.41, 5.74) is 0.913. The number of para-hydroxylation sites is 1. The van der Waals surface area contributed by atoms with E-state index < -0.39 is 0 Å². The molecular weight excluding hydrogens is 255 g/mol. The van der Waals surface area contributed by atoms with E-state index in [1.54, 1.807) is 6.07 Å². The normalized spacial score (nSPS) is 14.8. The van der Waals surface area contributed by atoms with Crippen LogP contribution in [0.25, 0.3) is 0 Å². The van der Waals surface area contributed by atoms with Gasteiger partial charge in [-0.3, -0.25) is 0 Å². The van der Waals surface area contributed by atoms with Gasteiger partial charge in [0.25, 0.3) is 0 Å². The molecule has 4 heteroatoms. The predicted octanol–water partition coefficient (Wildman–Crippen LogP) is 2.80. The Morgan fingerprint density at radius 2 is 2.05 bits per heavy atom. The molecule has 0 amide bonds. The quantitative estimate of drug-likeness (QED) is 0.753. The summed E-state index contributed by atoms with van der Waals surface area (Å²) in [6, 6.07) is 5.76. The highest BCUT2D eigenvalue weighted by molar-refractivity contribution is 5.35. The Morgan fingerprint density at radius 1 is 1.30 bits per heavy atom. The highest BCUT2D eigenvalue weighted by atomic mass is 19.1. The first-order valence-corrected chi connectivity index (χ1v) is 7.60. The molecule has 1 aromatic carbocycles. The van der Waals surface area contributed by atoms with Gasteiger partial charge in [0.1, 0.15) is 6.61 Å². The summed E-state index contributed by atoms with van der Waals surface area (Å²) < 4.78 is 19.6. The zero-order valence-electron chi connectivity index (χ0n) is 12.5. The Morgan fingerprint density at radius 3 is 2.70 bits per heavy atom. The summed E-state index contributed by atoms with van der Waals surface area (Å²) in [6.45, 7) is 8.27. The molecule has 112 valence electrons. The van der Waals surface area contributed by atoms with Gasteiger partial charge in [-0.25, -0.2) is 4.39 Å². The van der Waals surface area contributed by atoms with Crippen molar-refractivity contribution in [1.82, 2.24) is 10.2 Å². The Hall–Kier alpha value is -1.13. The molecule has 0 unspecified atom stereocenters. The van der Waals surface area contributed by atoms with E-state index in [1.165, 1.54) is 18.9 Å². The van der Waals surface area contributed by atoms with Crippen molar-refractivity contribution in [2.75, 3.05) is 26.2 Å². The molecule has 1 N–H and O–H groups in total. The standard InChI is InChI=1S/C16H25FN2O/c1-3-19(4-2)10-11-20-16-13(6-5-7-15(16)17)12-18-14-8-9-14/h5-7,14,18H,3-4,8-12H2,1-2H3. The van der Waals surface area contributed by atoms with Crippen molar-refractivity contribution in [3.8, 4) is 5.75 Å². The van der Waals surface area contributed by atoms with Crippen LogP contribution in [0.5, 0.6) is 5.75 Å². The summed E-state index contributed by atoms with van der Waals surface area (Å²) in [7, 11) is 0. The fourth-order valence-corrected chi connectivity index (χ4v) is 2.21. The van der Waals surface area contributed by atoms with E-state index in [1.807, 2.05) is 6.07 Å². The van der Waals surface area contributed by atoms with Gasteiger partial charge >= 0.3 is 0 Å².